The van der Waals surface area contributed by atoms with Crippen molar-refractivity contribution in [2.45, 2.75) is 79.1 Å². The van der Waals surface area contributed by atoms with Crippen LogP contribution in [-0.2, 0) is 0 Å². The molecule has 3 nitrogen and oxygen atoms in total. The maximum absolute atomic E-state index is 10.4. The van der Waals surface area contributed by atoms with Crippen LogP contribution in [0.15, 0.2) is 72.8 Å². The second-order valence-electron chi connectivity index (χ2n) is 11.0. The van der Waals surface area contributed by atoms with Gasteiger partial charge in [0.15, 0.2) is 0 Å². The van der Waals surface area contributed by atoms with Gasteiger partial charge < -0.3 is 16.1 Å². The standard InChI is InChI=1S/C20H14O2.C16H36N.H/c21-17-11-9-13-5-1-3-7-15(13)19(17)20-16-8-4-2-6-14(16)10-12-18(20)22;1-5-9-13-17(14-10-6-2,15-11-7-3)16-12-8-4;/h1-12,21-22H;5-16H2,1-4H3;/q;+1;-1. The summed E-state index contributed by atoms with van der Waals surface area (Å²) in [6.07, 6.45) is 11.1. The molecule has 0 atom stereocenters. The highest BCUT2D eigenvalue weighted by Crippen LogP contribution is 2.44. The van der Waals surface area contributed by atoms with Crippen molar-refractivity contribution >= 4 is 21.5 Å². The van der Waals surface area contributed by atoms with Gasteiger partial charge in [0.25, 0.3) is 0 Å². The van der Waals surface area contributed by atoms with Gasteiger partial charge in [0, 0.05) is 11.1 Å². The molecule has 0 radical (unpaired) electrons. The molecule has 212 valence electrons. The lowest BCUT2D eigenvalue weighted by atomic mass is 9.92. The van der Waals surface area contributed by atoms with E-state index in [1.165, 1.54) is 82.0 Å². The molecule has 0 saturated heterocycles. The molecule has 3 heteroatoms. The summed E-state index contributed by atoms with van der Waals surface area (Å²) < 4.78 is 1.42. The first-order valence-corrected chi connectivity index (χ1v) is 15.3. The molecule has 0 amide bonds. The highest BCUT2D eigenvalue weighted by atomic mass is 16.3. The van der Waals surface area contributed by atoms with Crippen LogP contribution in [0.3, 0.4) is 0 Å². The highest BCUT2D eigenvalue weighted by Gasteiger charge is 2.24. The number of rotatable bonds is 13. The normalized spacial score (nSPS) is 11.5. The van der Waals surface area contributed by atoms with Crippen molar-refractivity contribution in [3.05, 3.63) is 72.8 Å². The minimum absolute atomic E-state index is 0. The second-order valence-corrected chi connectivity index (χ2v) is 11.0. The zero-order valence-corrected chi connectivity index (χ0v) is 24.8. The van der Waals surface area contributed by atoms with Crippen LogP contribution in [0.1, 0.15) is 80.5 Å². The summed E-state index contributed by atoms with van der Waals surface area (Å²) in [5.74, 6) is 0.343. The summed E-state index contributed by atoms with van der Waals surface area (Å²) in [7, 11) is 0. The largest absolute Gasteiger partial charge is 1.00 e. The van der Waals surface area contributed by atoms with E-state index < -0.39 is 0 Å². The fourth-order valence-electron chi connectivity index (χ4n) is 5.69. The van der Waals surface area contributed by atoms with Gasteiger partial charge in [-0.25, -0.2) is 0 Å². The Morgan fingerprint density at radius 2 is 0.821 bits per heavy atom. The van der Waals surface area contributed by atoms with Crippen LogP contribution in [-0.4, -0.2) is 40.9 Å². The van der Waals surface area contributed by atoms with E-state index in [0.29, 0.717) is 11.1 Å². The molecule has 0 fully saturated rings. The zero-order chi connectivity index (χ0) is 28.1. The van der Waals surface area contributed by atoms with E-state index in [9.17, 15) is 10.2 Å². The molecule has 2 N–H and O–H groups in total. The maximum atomic E-state index is 10.4. The Hall–Kier alpha value is -3.04. The molecule has 4 aromatic carbocycles. The molecular formula is C36H51NO2. The molecule has 0 aliphatic heterocycles. The first-order chi connectivity index (χ1) is 19.0. The van der Waals surface area contributed by atoms with E-state index in [-0.39, 0.29) is 12.9 Å². The summed E-state index contributed by atoms with van der Waals surface area (Å²) in [6.45, 7) is 15.0. The van der Waals surface area contributed by atoms with Crippen molar-refractivity contribution in [2.75, 3.05) is 26.2 Å². The van der Waals surface area contributed by atoms with E-state index in [1.807, 2.05) is 60.7 Å². The van der Waals surface area contributed by atoms with Gasteiger partial charge in [-0.1, -0.05) is 114 Å². The van der Waals surface area contributed by atoms with Gasteiger partial charge in [-0.3, -0.25) is 0 Å². The topological polar surface area (TPSA) is 40.5 Å². The lowest BCUT2D eigenvalue weighted by molar-refractivity contribution is -0.929. The lowest BCUT2D eigenvalue weighted by Gasteiger charge is -2.39. The monoisotopic (exact) mass is 529 g/mol. The van der Waals surface area contributed by atoms with Crippen LogP contribution in [0, 0.1) is 0 Å². The Morgan fingerprint density at radius 1 is 0.487 bits per heavy atom. The molecule has 0 bridgehead atoms. The third-order valence-corrected chi connectivity index (χ3v) is 8.01. The molecule has 0 spiro atoms. The molecule has 0 unspecified atom stereocenters. The number of phenols is 2. The number of unbranched alkanes of at least 4 members (excludes halogenated alkanes) is 4. The molecule has 0 aromatic heterocycles. The highest BCUT2D eigenvalue weighted by molar-refractivity contribution is 6.09. The first kappa shape index (κ1) is 30.5. The Morgan fingerprint density at radius 3 is 1.15 bits per heavy atom. The Kier molecular flexibility index (Phi) is 12.1. The number of quaternary nitrogens is 1. The van der Waals surface area contributed by atoms with Gasteiger partial charge in [0.2, 0.25) is 0 Å². The van der Waals surface area contributed by atoms with Crippen molar-refractivity contribution < 1.29 is 16.1 Å². The summed E-state index contributed by atoms with van der Waals surface area (Å²) in [5.41, 5.74) is 1.35. The average molecular weight is 530 g/mol. The number of hydrogen-bond acceptors (Lipinski definition) is 2. The molecule has 0 aliphatic carbocycles. The zero-order valence-electron chi connectivity index (χ0n) is 25.8. The van der Waals surface area contributed by atoms with Gasteiger partial charge in [-0.05, 0) is 59.4 Å². The van der Waals surface area contributed by atoms with Gasteiger partial charge in [0.05, 0.1) is 26.2 Å². The first-order valence-electron chi connectivity index (χ1n) is 15.3. The molecule has 4 rings (SSSR count). The van der Waals surface area contributed by atoms with E-state index >= 15 is 0 Å². The summed E-state index contributed by atoms with van der Waals surface area (Å²) in [4.78, 5) is 0. The quantitative estimate of drug-likeness (QED) is 0.169. The van der Waals surface area contributed by atoms with Crippen LogP contribution in [0.2, 0.25) is 0 Å². The van der Waals surface area contributed by atoms with Crippen LogP contribution < -0.4 is 0 Å². The summed E-state index contributed by atoms with van der Waals surface area (Å²) >= 11 is 0. The number of fused-ring (bicyclic) bond motifs is 2. The smallest absolute Gasteiger partial charge is 0.124 e. The molecular weight excluding hydrogens is 478 g/mol. The van der Waals surface area contributed by atoms with Gasteiger partial charge in [-0.2, -0.15) is 0 Å². The van der Waals surface area contributed by atoms with Crippen LogP contribution in [0.5, 0.6) is 11.5 Å². The predicted molar refractivity (Wildman–Crippen MR) is 171 cm³/mol. The number of nitrogens with zero attached hydrogens (tertiary/aromatic N) is 1. The third-order valence-electron chi connectivity index (χ3n) is 8.01. The predicted octanol–water partition coefficient (Wildman–Crippen LogP) is 10.2. The molecule has 0 heterocycles. The average Bonchev–Trinajstić information content (AvgIpc) is 2.97. The van der Waals surface area contributed by atoms with Crippen LogP contribution in [0.4, 0.5) is 0 Å². The fourth-order valence-corrected chi connectivity index (χ4v) is 5.69. The molecule has 4 aromatic rings. The minimum atomic E-state index is 0. The van der Waals surface area contributed by atoms with Crippen LogP contribution >= 0.6 is 0 Å². The number of phenolic OH excluding ortho intramolecular Hbond substituents is 2. The Labute approximate surface area is 238 Å². The fraction of sp³-hybridized carbons (Fsp3) is 0.444. The van der Waals surface area contributed by atoms with Crippen molar-refractivity contribution in [2.24, 2.45) is 0 Å². The minimum Gasteiger partial charge on any atom is -1.00 e. The SMILES string of the molecule is CCCC[N+](CCCC)(CCCC)CCCC.Oc1ccc2ccccc2c1-c1c(O)ccc2ccccc12.[H-]. The third kappa shape index (κ3) is 7.99. The second kappa shape index (κ2) is 15.5. The molecule has 0 saturated carbocycles. The van der Waals surface area contributed by atoms with Gasteiger partial charge >= 0.3 is 0 Å². The van der Waals surface area contributed by atoms with Gasteiger partial charge in [-0.15, -0.1) is 0 Å². The van der Waals surface area contributed by atoms with Gasteiger partial charge in [0.1, 0.15) is 11.5 Å². The van der Waals surface area contributed by atoms with E-state index in [2.05, 4.69) is 27.7 Å². The van der Waals surface area contributed by atoms with Crippen molar-refractivity contribution in [1.82, 2.24) is 0 Å². The van der Waals surface area contributed by atoms with Crippen molar-refractivity contribution in [1.29, 1.82) is 0 Å². The van der Waals surface area contributed by atoms with E-state index in [4.69, 9.17) is 0 Å². The lowest BCUT2D eigenvalue weighted by Crippen LogP contribution is -2.50. The van der Waals surface area contributed by atoms with E-state index in [1.54, 1.807) is 12.1 Å². The van der Waals surface area contributed by atoms with Crippen molar-refractivity contribution in [3.8, 4) is 22.6 Å². The Balaban J connectivity index is 0.000000285. The maximum Gasteiger partial charge on any atom is 0.124 e. The summed E-state index contributed by atoms with van der Waals surface area (Å²) in [6, 6.07) is 22.9. The number of aromatic hydroxyl groups is 2. The van der Waals surface area contributed by atoms with Crippen molar-refractivity contribution in [3.63, 3.8) is 0 Å². The molecule has 39 heavy (non-hydrogen) atoms. The number of hydrogen-bond donors (Lipinski definition) is 2. The summed E-state index contributed by atoms with van der Waals surface area (Å²) in [5, 5.41) is 24.8. The Bertz CT molecular complexity index is 1180. The van der Waals surface area contributed by atoms with Crippen LogP contribution in [0.25, 0.3) is 32.7 Å². The number of benzene rings is 4. The molecule has 0 aliphatic rings. The van der Waals surface area contributed by atoms with E-state index in [0.717, 1.165) is 21.5 Å².